The van der Waals surface area contributed by atoms with Gasteiger partial charge in [-0.3, -0.25) is 5.32 Å². The van der Waals surface area contributed by atoms with E-state index in [9.17, 15) is 4.79 Å². The van der Waals surface area contributed by atoms with Crippen LogP contribution in [0.2, 0.25) is 0 Å². The third-order valence-electron chi connectivity index (χ3n) is 2.53. The van der Waals surface area contributed by atoms with Crippen LogP contribution in [0.3, 0.4) is 0 Å². The van der Waals surface area contributed by atoms with Gasteiger partial charge in [0, 0.05) is 11.4 Å². The summed E-state index contributed by atoms with van der Waals surface area (Å²) in [4.78, 5) is 11.1. The van der Waals surface area contributed by atoms with E-state index in [-0.39, 0.29) is 5.76 Å². The third-order valence-corrected chi connectivity index (χ3v) is 2.53. The molecule has 1 amide bonds. The van der Waals surface area contributed by atoms with Crippen molar-refractivity contribution >= 4 is 17.5 Å². The molecule has 6 heteroatoms. The molecule has 0 aliphatic rings. The van der Waals surface area contributed by atoms with Crippen molar-refractivity contribution in [3.63, 3.8) is 0 Å². The van der Waals surface area contributed by atoms with Crippen LogP contribution < -0.4 is 10.6 Å². The summed E-state index contributed by atoms with van der Waals surface area (Å²) in [5.41, 5.74) is 1.44. The lowest BCUT2D eigenvalue weighted by atomic mass is 10.2. The molecule has 0 spiro atoms. The highest BCUT2D eigenvalue weighted by atomic mass is 16.5. The van der Waals surface area contributed by atoms with E-state index in [1.807, 2.05) is 12.1 Å². The van der Waals surface area contributed by atoms with Crippen molar-refractivity contribution < 1.29 is 13.9 Å². The number of nitrogens with one attached hydrogen (secondary N) is 2. The Hall–Kier alpha value is -2.94. The number of hydrogen-bond acceptors (Lipinski definition) is 5. The molecule has 0 bridgehead atoms. The van der Waals surface area contributed by atoms with E-state index in [0.29, 0.717) is 18.0 Å². The highest BCUT2D eigenvalue weighted by molar-refractivity contribution is 5.85. The number of ether oxygens (including phenoxy) is 1. The zero-order valence-corrected chi connectivity index (χ0v) is 10.8. The molecule has 0 saturated carbocycles. The lowest BCUT2D eigenvalue weighted by Crippen LogP contribution is -2.11. The van der Waals surface area contributed by atoms with Crippen molar-refractivity contribution in [3.05, 3.63) is 47.9 Å². The predicted molar refractivity (Wildman–Crippen MR) is 73.2 cm³/mol. The molecule has 2 N–H and O–H groups in total. The molecule has 0 saturated heterocycles. The highest BCUT2D eigenvalue weighted by Gasteiger charge is 2.03. The number of hydrogen-bond donors (Lipinski definition) is 2. The molecular formula is C14H13N3O3. The number of benzene rings is 1. The molecule has 1 aromatic heterocycles. The Morgan fingerprint density at radius 1 is 1.35 bits per heavy atom. The van der Waals surface area contributed by atoms with E-state index in [0.717, 1.165) is 5.69 Å². The summed E-state index contributed by atoms with van der Waals surface area (Å²) in [5, 5.41) is 14.4. The number of anilines is 2. The van der Waals surface area contributed by atoms with E-state index in [2.05, 4.69) is 15.4 Å². The zero-order chi connectivity index (χ0) is 14.4. The summed E-state index contributed by atoms with van der Waals surface area (Å²) < 4.78 is 9.78. The second-order valence-corrected chi connectivity index (χ2v) is 3.93. The molecule has 102 valence electrons. The molecule has 1 aromatic carbocycles. The molecule has 0 fully saturated rings. The number of nitriles is 1. The van der Waals surface area contributed by atoms with Crippen LogP contribution in [0, 0.1) is 11.3 Å². The Morgan fingerprint density at radius 2 is 2.15 bits per heavy atom. The number of rotatable bonds is 4. The van der Waals surface area contributed by atoms with E-state index in [1.54, 1.807) is 30.3 Å². The minimum atomic E-state index is -0.521. The Bertz CT molecular complexity index is 643. The van der Waals surface area contributed by atoms with E-state index in [4.69, 9.17) is 9.68 Å². The SMILES string of the molecule is COC(=O)Nc1cccc(NCc2ccc(C#N)o2)c1. The molecule has 0 aliphatic carbocycles. The monoisotopic (exact) mass is 271 g/mol. The summed E-state index contributed by atoms with van der Waals surface area (Å²) in [6, 6.07) is 12.5. The summed E-state index contributed by atoms with van der Waals surface area (Å²) in [7, 11) is 1.31. The number of methoxy groups -OCH3 is 1. The number of furan rings is 1. The predicted octanol–water partition coefficient (Wildman–Crippen LogP) is 2.94. The molecule has 1 heterocycles. The molecule has 0 radical (unpaired) electrons. The lowest BCUT2D eigenvalue weighted by Gasteiger charge is -2.07. The first-order valence-electron chi connectivity index (χ1n) is 5.89. The number of nitrogens with zero attached hydrogens (tertiary/aromatic N) is 1. The molecule has 2 aromatic rings. The average Bonchev–Trinajstić information content (AvgIpc) is 2.93. The molecule has 0 unspecified atom stereocenters. The van der Waals surface area contributed by atoms with Crippen LogP contribution in [0.5, 0.6) is 0 Å². The molecule has 2 rings (SSSR count). The Kier molecular flexibility index (Phi) is 4.24. The fourth-order valence-corrected chi connectivity index (χ4v) is 1.60. The van der Waals surface area contributed by atoms with Gasteiger partial charge in [-0.15, -0.1) is 0 Å². The van der Waals surface area contributed by atoms with Crippen LogP contribution in [-0.4, -0.2) is 13.2 Å². The first-order valence-corrected chi connectivity index (χ1v) is 5.89. The highest BCUT2D eigenvalue weighted by Crippen LogP contribution is 2.16. The molecular weight excluding hydrogens is 258 g/mol. The smallest absolute Gasteiger partial charge is 0.411 e. The Morgan fingerprint density at radius 3 is 2.85 bits per heavy atom. The summed E-state index contributed by atoms with van der Waals surface area (Å²) in [6.45, 7) is 0.448. The van der Waals surface area contributed by atoms with Gasteiger partial charge in [-0.25, -0.2) is 4.79 Å². The maximum Gasteiger partial charge on any atom is 0.411 e. The van der Waals surface area contributed by atoms with E-state index in [1.165, 1.54) is 7.11 Å². The standard InChI is InChI=1S/C14H13N3O3/c1-19-14(18)17-11-4-2-3-10(7-11)16-9-13-6-5-12(8-15)20-13/h2-7,16H,9H2,1H3,(H,17,18). The fraction of sp³-hybridized carbons (Fsp3) is 0.143. The van der Waals surface area contributed by atoms with Crippen molar-refractivity contribution in [2.45, 2.75) is 6.54 Å². The van der Waals surface area contributed by atoms with Gasteiger partial charge in [0.2, 0.25) is 5.76 Å². The number of carbonyl (C=O) groups is 1. The van der Waals surface area contributed by atoms with Crippen molar-refractivity contribution in [2.24, 2.45) is 0 Å². The minimum Gasteiger partial charge on any atom is -0.453 e. The first-order chi connectivity index (χ1) is 9.71. The number of carbonyl (C=O) groups excluding carboxylic acids is 1. The van der Waals surface area contributed by atoms with Crippen LogP contribution in [0.15, 0.2) is 40.8 Å². The van der Waals surface area contributed by atoms with Gasteiger partial charge in [0.15, 0.2) is 0 Å². The zero-order valence-electron chi connectivity index (χ0n) is 10.8. The van der Waals surface area contributed by atoms with Gasteiger partial charge in [-0.2, -0.15) is 5.26 Å². The third kappa shape index (κ3) is 3.53. The second kappa shape index (κ2) is 6.29. The van der Waals surface area contributed by atoms with Crippen molar-refractivity contribution in [2.75, 3.05) is 17.7 Å². The van der Waals surface area contributed by atoms with Gasteiger partial charge in [0.1, 0.15) is 11.8 Å². The molecule has 0 aliphatic heterocycles. The van der Waals surface area contributed by atoms with Gasteiger partial charge in [-0.05, 0) is 30.3 Å². The summed E-state index contributed by atoms with van der Waals surface area (Å²) in [5.74, 6) is 0.941. The van der Waals surface area contributed by atoms with Gasteiger partial charge >= 0.3 is 6.09 Å². The van der Waals surface area contributed by atoms with Crippen LogP contribution in [-0.2, 0) is 11.3 Å². The molecule has 6 nitrogen and oxygen atoms in total. The normalized spacial score (nSPS) is 9.60. The Balaban J connectivity index is 1.97. The maximum absolute atomic E-state index is 11.1. The molecule has 20 heavy (non-hydrogen) atoms. The summed E-state index contributed by atoms with van der Waals surface area (Å²) >= 11 is 0. The van der Waals surface area contributed by atoms with Crippen LogP contribution in [0.25, 0.3) is 0 Å². The van der Waals surface area contributed by atoms with Gasteiger partial charge in [0.05, 0.1) is 13.7 Å². The average molecular weight is 271 g/mol. The van der Waals surface area contributed by atoms with Crippen LogP contribution >= 0.6 is 0 Å². The van der Waals surface area contributed by atoms with Crippen LogP contribution in [0.1, 0.15) is 11.5 Å². The fourth-order valence-electron chi connectivity index (χ4n) is 1.60. The van der Waals surface area contributed by atoms with Crippen LogP contribution in [0.4, 0.5) is 16.2 Å². The van der Waals surface area contributed by atoms with Crippen molar-refractivity contribution in [1.82, 2.24) is 0 Å². The van der Waals surface area contributed by atoms with Gasteiger partial charge < -0.3 is 14.5 Å². The van der Waals surface area contributed by atoms with Crippen molar-refractivity contribution in [3.8, 4) is 6.07 Å². The van der Waals surface area contributed by atoms with E-state index >= 15 is 0 Å². The topological polar surface area (TPSA) is 87.3 Å². The quantitative estimate of drug-likeness (QED) is 0.892. The first kappa shape index (κ1) is 13.5. The number of amides is 1. The lowest BCUT2D eigenvalue weighted by molar-refractivity contribution is 0.187. The second-order valence-electron chi connectivity index (χ2n) is 3.93. The van der Waals surface area contributed by atoms with Gasteiger partial charge in [-0.1, -0.05) is 6.07 Å². The van der Waals surface area contributed by atoms with E-state index < -0.39 is 6.09 Å². The maximum atomic E-state index is 11.1. The van der Waals surface area contributed by atoms with Gasteiger partial charge in [0.25, 0.3) is 0 Å². The minimum absolute atomic E-state index is 0.280. The largest absolute Gasteiger partial charge is 0.453 e. The Labute approximate surface area is 116 Å². The van der Waals surface area contributed by atoms with Crippen molar-refractivity contribution in [1.29, 1.82) is 5.26 Å². The molecule has 0 atom stereocenters. The summed E-state index contributed by atoms with van der Waals surface area (Å²) in [6.07, 6.45) is -0.521.